The Balaban J connectivity index is 1.42. The van der Waals surface area contributed by atoms with E-state index >= 15 is 0 Å². The van der Waals surface area contributed by atoms with Crippen LogP contribution in [0.2, 0.25) is 5.02 Å². The molecular weight excluding hydrogens is 518 g/mol. The predicted molar refractivity (Wildman–Crippen MR) is 152 cm³/mol. The van der Waals surface area contributed by atoms with Gasteiger partial charge in [0.1, 0.15) is 12.4 Å². The highest BCUT2D eigenvalue weighted by Gasteiger charge is 2.18. The second kappa shape index (κ2) is 12.4. The number of nitrogens with one attached hydrogen (secondary N) is 1. The third-order valence-electron chi connectivity index (χ3n) is 6.59. The zero-order valence-corrected chi connectivity index (χ0v) is 22.9. The SMILES string of the molecule is CCn1cc(CN2CCOCCOc3ccccc3Oc3ccc(Cl)cc3NC(=O)C2)c2cc(OC)ccc21. The minimum Gasteiger partial charge on any atom is -0.497 e. The summed E-state index contributed by atoms with van der Waals surface area (Å²) in [4.78, 5) is 15.4. The number of methoxy groups -OCH3 is 1. The number of aryl methyl sites for hydroxylation is 1. The fourth-order valence-corrected chi connectivity index (χ4v) is 4.85. The molecule has 204 valence electrons. The molecule has 8 nitrogen and oxygen atoms in total. The summed E-state index contributed by atoms with van der Waals surface area (Å²) >= 11 is 6.28. The van der Waals surface area contributed by atoms with Crippen LogP contribution in [0, 0.1) is 0 Å². The first-order chi connectivity index (χ1) is 19.0. The highest BCUT2D eigenvalue weighted by molar-refractivity contribution is 6.31. The van der Waals surface area contributed by atoms with Crippen LogP contribution in [0.3, 0.4) is 0 Å². The van der Waals surface area contributed by atoms with Crippen molar-refractivity contribution in [3.05, 3.63) is 77.4 Å². The number of benzene rings is 3. The molecule has 0 bridgehead atoms. The van der Waals surface area contributed by atoms with Crippen molar-refractivity contribution in [2.75, 3.05) is 45.3 Å². The molecule has 3 aromatic carbocycles. The molecule has 0 fully saturated rings. The summed E-state index contributed by atoms with van der Waals surface area (Å²) in [6.07, 6.45) is 2.15. The number of anilines is 1. The van der Waals surface area contributed by atoms with Crippen molar-refractivity contribution in [1.82, 2.24) is 9.47 Å². The van der Waals surface area contributed by atoms with E-state index in [1.54, 1.807) is 25.3 Å². The molecule has 4 aromatic rings. The maximum atomic E-state index is 13.3. The van der Waals surface area contributed by atoms with Crippen LogP contribution < -0.4 is 19.5 Å². The summed E-state index contributed by atoms with van der Waals surface area (Å²) in [5.41, 5.74) is 2.73. The summed E-state index contributed by atoms with van der Waals surface area (Å²) < 4.78 is 25.7. The number of rotatable bonds is 4. The molecule has 0 saturated carbocycles. The number of carbonyl (C=O) groups is 1. The Morgan fingerprint density at radius 2 is 1.85 bits per heavy atom. The van der Waals surface area contributed by atoms with Crippen LogP contribution in [-0.2, 0) is 22.6 Å². The van der Waals surface area contributed by atoms with E-state index in [4.69, 9.17) is 30.5 Å². The molecule has 1 aromatic heterocycles. The number of ether oxygens (including phenoxy) is 4. The molecule has 1 amide bonds. The molecule has 0 saturated heterocycles. The number of carbonyl (C=O) groups excluding carboxylic acids is 1. The summed E-state index contributed by atoms with van der Waals surface area (Å²) in [5.74, 6) is 2.21. The molecule has 0 atom stereocenters. The van der Waals surface area contributed by atoms with Gasteiger partial charge in [-0.15, -0.1) is 0 Å². The first kappa shape index (κ1) is 26.9. The monoisotopic (exact) mass is 549 g/mol. The van der Waals surface area contributed by atoms with Gasteiger partial charge in [0.2, 0.25) is 5.91 Å². The number of fused-ring (bicyclic) bond motifs is 3. The van der Waals surface area contributed by atoms with Crippen molar-refractivity contribution in [2.24, 2.45) is 0 Å². The van der Waals surface area contributed by atoms with Crippen LogP contribution in [0.25, 0.3) is 10.9 Å². The maximum absolute atomic E-state index is 13.3. The number of nitrogens with zero attached hydrogens (tertiary/aromatic N) is 2. The molecule has 0 unspecified atom stereocenters. The molecule has 0 aliphatic carbocycles. The van der Waals surface area contributed by atoms with E-state index in [0.717, 1.165) is 28.8 Å². The molecule has 1 aliphatic rings. The highest BCUT2D eigenvalue weighted by Crippen LogP contribution is 2.36. The summed E-state index contributed by atoms with van der Waals surface area (Å²) in [5, 5.41) is 4.59. The maximum Gasteiger partial charge on any atom is 0.238 e. The highest BCUT2D eigenvalue weighted by atomic mass is 35.5. The van der Waals surface area contributed by atoms with Crippen molar-refractivity contribution >= 4 is 34.1 Å². The number of halogens is 1. The van der Waals surface area contributed by atoms with E-state index < -0.39 is 0 Å². The zero-order chi connectivity index (χ0) is 27.2. The lowest BCUT2D eigenvalue weighted by Gasteiger charge is -2.22. The van der Waals surface area contributed by atoms with Gasteiger partial charge < -0.3 is 28.8 Å². The van der Waals surface area contributed by atoms with E-state index in [0.29, 0.717) is 60.9 Å². The summed E-state index contributed by atoms with van der Waals surface area (Å²) in [7, 11) is 1.67. The summed E-state index contributed by atoms with van der Waals surface area (Å²) in [6.45, 7) is 5.47. The number of para-hydroxylation sites is 2. The third-order valence-corrected chi connectivity index (χ3v) is 6.83. The van der Waals surface area contributed by atoms with Gasteiger partial charge in [-0.2, -0.15) is 0 Å². The zero-order valence-electron chi connectivity index (χ0n) is 22.1. The first-order valence-electron chi connectivity index (χ1n) is 13.0. The van der Waals surface area contributed by atoms with Crippen molar-refractivity contribution in [1.29, 1.82) is 0 Å². The minimum atomic E-state index is -0.182. The van der Waals surface area contributed by atoms with Crippen LogP contribution in [0.1, 0.15) is 12.5 Å². The Hall–Kier alpha value is -3.72. The van der Waals surface area contributed by atoms with Crippen molar-refractivity contribution in [3.63, 3.8) is 0 Å². The van der Waals surface area contributed by atoms with Crippen molar-refractivity contribution < 1.29 is 23.7 Å². The van der Waals surface area contributed by atoms with E-state index in [1.807, 2.05) is 36.4 Å². The fourth-order valence-electron chi connectivity index (χ4n) is 4.68. The van der Waals surface area contributed by atoms with Crippen LogP contribution in [0.4, 0.5) is 5.69 Å². The third kappa shape index (κ3) is 6.47. The van der Waals surface area contributed by atoms with E-state index in [9.17, 15) is 4.79 Å². The molecular formula is C30H32ClN3O5. The minimum absolute atomic E-state index is 0.158. The molecule has 1 aliphatic heterocycles. The van der Waals surface area contributed by atoms with Gasteiger partial charge in [-0.1, -0.05) is 23.7 Å². The van der Waals surface area contributed by atoms with Gasteiger partial charge in [-0.3, -0.25) is 9.69 Å². The molecule has 0 spiro atoms. The Morgan fingerprint density at radius 3 is 2.67 bits per heavy atom. The second-order valence-corrected chi connectivity index (χ2v) is 9.67. The van der Waals surface area contributed by atoms with Crippen LogP contribution >= 0.6 is 11.6 Å². The predicted octanol–water partition coefficient (Wildman–Crippen LogP) is 5.97. The van der Waals surface area contributed by atoms with Gasteiger partial charge in [0.25, 0.3) is 0 Å². The van der Waals surface area contributed by atoms with Crippen molar-refractivity contribution in [3.8, 4) is 23.0 Å². The molecule has 0 radical (unpaired) electrons. The molecule has 2 heterocycles. The normalized spacial score (nSPS) is 15.2. The van der Waals surface area contributed by atoms with Gasteiger partial charge in [0.15, 0.2) is 17.2 Å². The smallest absolute Gasteiger partial charge is 0.238 e. The summed E-state index contributed by atoms with van der Waals surface area (Å²) in [6, 6.07) is 18.6. The number of hydrogen-bond donors (Lipinski definition) is 1. The second-order valence-electron chi connectivity index (χ2n) is 9.23. The van der Waals surface area contributed by atoms with Gasteiger partial charge >= 0.3 is 0 Å². The first-order valence-corrected chi connectivity index (χ1v) is 13.4. The Kier molecular flexibility index (Phi) is 8.56. The largest absolute Gasteiger partial charge is 0.497 e. The van der Waals surface area contributed by atoms with Gasteiger partial charge in [-0.25, -0.2) is 0 Å². The van der Waals surface area contributed by atoms with E-state index in [-0.39, 0.29) is 12.5 Å². The van der Waals surface area contributed by atoms with E-state index in [2.05, 4.69) is 34.0 Å². The van der Waals surface area contributed by atoms with Crippen molar-refractivity contribution in [2.45, 2.75) is 20.0 Å². The standard InChI is InChI=1S/C30H32ClN3O5/c1-3-34-19-21(24-17-23(36-2)9-10-26(24)34)18-33-12-13-37-14-15-38-28-6-4-5-7-29(28)39-27-11-8-22(31)16-25(27)32-30(35)20-33/h4-11,16-17,19H,3,12-15,18,20H2,1-2H3,(H,32,35). The van der Waals surface area contributed by atoms with Gasteiger partial charge in [0, 0.05) is 41.8 Å². The lowest BCUT2D eigenvalue weighted by Crippen LogP contribution is -2.35. The Morgan fingerprint density at radius 1 is 1.00 bits per heavy atom. The number of amides is 1. The van der Waals surface area contributed by atoms with Crippen LogP contribution in [-0.4, -0.2) is 55.4 Å². The molecule has 1 N–H and O–H groups in total. The number of aromatic nitrogens is 1. The molecule has 39 heavy (non-hydrogen) atoms. The Labute approximate surface area is 233 Å². The van der Waals surface area contributed by atoms with Gasteiger partial charge in [-0.05, 0) is 61.0 Å². The van der Waals surface area contributed by atoms with E-state index in [1.165, 1.54) is 0 Å². The average Bonchev–Trinajstić information content (AvgIpc) is 3.28. The van der Waals surface area contributed by atoms with Crippen LogP contribution in [0.5, 0.6) is 23.0 Å². The topological polar surface area (TPSA) is 74.2 Å². The number of hydrogen-bond acceptors (Lipinski definition) is 6. The van der Waals surface area contributed by atoms with Gasteiger partial charge in [0.05, 0.1) is 32.6 Å². The van der Waals surface area contributed by atoms with Crippen LogP contribution in [0.15, 0.2) is 66.9 Å². The molecule has 5 rings (SSSR count). The lowest BCUT2D eigenvalue weighted by atomic mass is 10.1. The lowest BCUT2D eigenvalue weighted by molar-refractivity contribution is -0.117. The Bertz CT molecular complexity index is 1450. The fraction of sp³-hybridized carbons (Fsp3) is 0.300. The molecule has 9 heteroatoms. The average molecular weight is 550 g/mol. The quantitative estimate of drug-likeness (QED) is 0.338.